The molecule has 0 aromatic rings. The number of carbonyl (C=O) groups excluding carboxylic acids is 3. The summed E-state index contributed by atoms with van der Waals surface area (Å²) in [5, 5.41) is 0.954. The number of hydrazine groups is 1. The first-order valence-corrected chi connectivity index (χ1v) is 6.43. The Labute approximate surface area is 104 Å². The summed E-state index contributed by atoms with van der Waals surface area (Å²) in [5.74, 6) is 0.327. The molecule has 1 saturated heterocycles. The molecule has 5 nitrogen and oxygen atoms in total. The maximum absolute atomic E-state index is 12.3. The normalized spacial score (nSPS) is 47.1. The van der Waals surface area contributed by atoms with Gasteiger partial charge in [-0.3, -0.25) is 19.8 Å². The number of hydrogen-bond donors (Lipinski definition) is 1. The van der Waals surface area contributed by atoms with E-state index >= 15 is 0 Å². The lowest BCUT2D eigenvalue weighted by Gasteiger charge is -2.37. The molecule has 3 amide bonds. The molecule has 0 radical (unpaired) electrons. The summed E-state index contributed by atoms with van der Waals surface area (Å²) in [7, 11) is 0. The molecule has 0 spiro atoms. The van der Waals surface area contributed by atoms with Crippen LogP contribution in [0.2, 0.25) is 0 Å². The van der Waals surface area contributed by atoms with Gasteiger partial charge in [-0.2, -0.15) is 5.01 Å². The van der Waals surface area contributed by atoms with E-state index in [0.29, 0.717) is 11.8 Å². The second kappa shape index (κ2) is 3.02. The van der Waals surface area contributed by atoms with Crippen molar-refractivity contribution in [2.24, 2.45) is 35.5 Å². The maximum Gasteiger partial charge on any atom is 0.252 e. The van der Waals surface area contributed by atoms with Gasteiger partial charge in [-0.25, -0.2) is 0 Å². The molecule has 2 bridgehead atoms. The lowest BCUT2D eigenvalue weighted by atomic mass is 9.63. The van der Waals surface area contributed by atoms with Crippen LogP contribution in [-0.4, -0.2) is 22.7 Å². The van der Waals surface area contributed by atoms with Crippen LogP contribution in [-0.2, 0) is 14.4 Å². The van der Waals surface area contributed by atoms with Gasteiger partial charge in [-0.1, -0.05) is 12.2 Å². The molecule has 0 aromatic heterocycles. The van der Waals surface area contributed by atoms with Gasteiger partial charge in [-0.05, 0) is 30.1 Å². The van der Waals surface area contributed by atoms with Crippen molar-refractivity contribution in [1.82, 2.24) is 10.4 Å². The van der Waals surface area contributed by atoms with E-state index in [9.17, 15) is 14.4 Å². The average molecular weight is 246 g/mol. The van der Waals surface area contributed by atoms with Gasteiger partial charge < -0.3 is 0 Å². The van der Waals surface area contributed by atoms with Crippen LogP contribution in [0.25, 0.3) is 0 Å². The Morgan fingerprint density at radius 2 is 1.67 bits per heavy atom. The van der Waals surface area contributed by atoms with Crippen molar-refractivity contribution in [3.8, 4) is 0 Å². The summed E-state index contributed by atoms with van der Waals surface area (Å²) >= 11 is 0. The van der Waals surface area contributed by atoms with Gasteiger partial charge in [0.15, 0.2) is 0 Å². The summed E-state index contributed by atoms with van der Waals surface area (Å²) in [5.41, 5.74) is 2.36. The predicted octanol–water partition coefficient (Wildman–Crippen LogP) is 0.0906. The van der Waals surface area contributed by atoms with E-state index in [1.165, 1.54) is 6.92 Å². The van der Waals surface area contributed by atoms with Gasteiger partial charge in [0, 0.05) is 6.92 Å². The quantitative estimate of drug-likeness (QED) is 0.527. The van der Waals surface area contributed by atoms with Crippen LogP contribution in [0, 0.1) is 35.5 Å². The van der Waals surface area contributed by atoms with E-state index in [1.54, 1.807) is 0 Å². The number of imide groups is 1. The van der Waals surface area contributed by atoms with E-state index in [-0.39, 0.29) is 41.4 Å². The minimum absolute atomic E-state index is 0.209. The molecular formula is C13H14N2O3. The summed E-state index contributed by atoms with van der Waals surface area (Å²) < 4.78 is 0. The molecule has 5 aliphatic rings. The molecule has 1 heterocycles. The maximum atomic E-state index is 12.3. The van der Waals surface area contributed by atoms with Crippen LogP contribution < -0.4 is 5.43 Å². The zero-order chi connectivity index (χ0) is 12.6. The lowest BCUT2D eigenvalue weighted by molar-refractivity contribution is -0.148. The Balaban J connectivity index is 1.72. The summed E-state index contributed by atoms with van der Waals surface area (Å²) in [6.45, 7) is 1.31. The van der Waals surface area contributed by atoms with Crippen molar-refractivity contribution in [3.63, 3.8) is 0 Å². The third-order valence-corrected chi connectivity index (χ3v) is 4.93. The number of rotatable bonds is 1. The first-order valence-electron chi connectivity index (χ1n) is 6.43. The van der Waals surface area contributed by atoms with E-state index < -0.39 is 0 Å². The van der Waals surface area contributed by atoms with Gasteiger partial charge in [-0.15, -0.1) is 0 Å². The van der Waals surface area contributed by atoms with Crippen molar-refractivity contribution in [2.75, 3.05) is 0 Å². The first-order chi connectivity index (χ1) is 8.59. The predicted molar refractivity (Wildman–Crippen MR) is 60.4 cm³/mol. The van der Waals surface area contributed by atoms with Gasteiger partial charge >= 0.3 is 0 Å². The monoisotopic (exact) mass is 246 g/mol. The molecule has 5 rings (SSSR count). The van der Waals surface area contributed by atoms with E-state index in [4.69, 9.17) is 0 Å². The standard InChI is InChI=1S/C13H14N2O3/c1-5(16)14-15-12(17)10-6-2-3-7(9-4-8(6)9)11(10)13(15)18/h2-3,6-11H,4H2,1H3,(H,14,16)/t6?,7?,8?,9?,10-,11+. The van der Waals surface area contributed by atoms with Crippen molar-refractivity contribution >= 4 is 17.7 Å². The number of hydrogen-bond acceptors (Lipinski definition) is 3. The third kappa shape index (κ3) is 1.05. The average Bonchev–Trinajstić information content (AvgIpc) is 3.11. The summed E-state index contributed by atoms with van der Waals surface area (Å²) in [6.07, 6.45) is 5.38. The van der Waals surface area contributed by atoms with Crippen LogP contribution in [0.15, 0.2) is 12.2 Å². The highest BCUT2D eigenvalue weighted by Gasteiger charge is 2.67. The van der Waals surface area contributed by atoms with Crippen molar-refractivity contribution in [1.29, 1.82) is 0 Å². The number of amides is 3. The molecule has 4 unspecified atom stereocenters. The van der Waals surface area contributed by atoms with E-state index in [0.717, 1.165) is 11.4 Å². The highest BCUT2D eigenvalue weighted by molar-refractivity contribution is 6.07. The Hall–Kier alpha value is -1.65. The summed E-state index contributed by atoms with van der Waals surface area (Å²) in [6, 6.07) is 0. The fourth-order valence-electron chi connectivity index (χ4n) is 4.22. The zero-order valence-electron chi connectivity index (χ0n) is 10.00. The summed E-state index contributed by atoms with van der Waals surface area (Å²) in [4.78, 5) is 35.7. The lowest BCUT2D eigenvalue weighted by Crippen LogP contribution is -2.45. The van der Waals surface area contributed by atoms with Crippen molar-refractivity contribution < 1.29 is 14.4 Å². The molecule has 1 aliphatic heterocycles. The number of nitrogens with zero attached hydrogens (tertiary/aromatic N) is 1. The molecule has 5 heteroatoms. The Morgan fingerprint density at radius 3 is 2.11 bits per heavy atom. The fraction of sp³-hybridized carbons (Fsp3) is 0.615. The highest BCUT2D eigenvalue weighted by atomic mass is 16.2. The molecule has 4 aliphatic carbocycles. The Kier molecular flexibility index (Phi) is 1.73. The second-order valence-electron chi connectivity index (χ2n) is 5.83. The molecule has 1 N–H and O–H groups in total. The Morgan fingerprint density at radius 1 is 1.17 bits per heavy atom. The van der Waals surface area contributed by atoms with E-state index in [2.05, 4.69) is 17.6 Å². The number of nitrogens with one attached hydrogen (secondary N) is 1. The molecule has 2 saturated carbocycles. The van der Waals surface area contributed by atoms with Gasteiger partial charge in [0.1, 0.15) is 0 Å². The second-order valence-corrected chi connectivity index (χ2v) is 5.83. The molecule has 94 valence electrons. The van der Waals surface area contributed by atoms with Crippen molar-refractivity contribution in [2.45, 2.75) is 13.3 Å². The number of carbonyl (C=O) groups is 3. The van der Waals surface area contributed by atoms with Crippen LogP contribution >= 0.6 is 0 Å². The topological polar surface area (TPSA) is 66.5 Å². The highest BCUT2D eigenvalue weighted by Crippen LogP contribution is 2.65. The minimum Gasteiger partial charge on any atom is -0.274 e. The largest absolute Gasteiger partial charge is 0.274 e. The Bertz CT molecular complexity index is 476. The van der Waals surface area contributed by atoms with Crippen LogP contribution in [0.3, 0.4) is 0 Å². The van der Waals surface area contributed by atoms with Gasteiger partial charge in [0.25, 0.3) is 11.8 Å². The van der Waals surface area contributed by atoms with Gasteiger partial charge in [0.05, 0.1) is 11.8 Å². The molecule has 18 heavy (non-hydrogen) atoms. The van der Waals surface area contributed by atoms with Gasteiger partial charge in [0.2, 0.25) is 5.91 Å². The van der Waals surface area contributed by atoms with Crippen molar-refractivity contribution in [3.05, 3.63) is 12.2 Å². The minimum atomic E-state index is -0.374. The fourth-order valence-corrected chi connectivity index (χ4v) is 4.22. The zero-order valence-corrected chi connectivity index (χ0v) is 10.00. The van der Waals surface area contributed by atoms with Crippen LogP contribution in [0.5, 0.6) is 0 Å². The van der Waals surface area contributed by atoms with Crippen LogP contribution in [0.1, 0.15) is 13.3 Å². The molecule has 0 aromatic carbocycles. The van der Waals surface area contributed by atoms with Crippen LogP contribution in [0.4, 0.5) is 0 Å². The third-order valence-electron chi connectivity index (χ3n) is 4.93. The number of allylic oxidation sites excluding steroid dienone is 2. The molecule has 6 atom stereocenters. The smallest absolute Gasteiger partial charge is 0.252 e. The first kappa shape index (κ1) is 10.3. The molecule has 3 fully saturated rings. The van der Waals surface area contributed by atoms with E-state index in [1.807, 2.05) is 0 Å². The molecular weight excluding hydrogens is 232 g/mol. The SMILES string of the molecule is CC(=O)NN1C(=O)[C@@H]2C3C=CC(C4CC43)[C@@H]2C1=O.